The molecule has 27 heavy (non-hydrogen) atoms. The number of benzene rings is 2. The van der Waals surface area contributed by atoms with E-state index in [2.05, 4.69) is 29.4 Å². The van der Waals surface area contributed by atoms with Crippen LogP contribution in [0.4, 0.5) is 5.82 Å². The molecular formula is C24H24N2O. The molecule has 1 aromatic heterocycles. The van der Waals surface area contributed by atoms with Crippen molar-refractivity contribution >= 4 is 17.8 Å². The third-order valence-electron chi connectivity index (χ3n) is 4.35. The maximum Gasteiger partial charge on any atom is 0.249 e. The van der Waals surface area contributed by atoms with E-state index in [-0.39, 0.29) is 5.91 Å². The molecule has 0 saturated carbocycles. The van der Waals surface area contributed by atoms with Gasteiger partial charge in [-0.05, 0) is 47.7 Å². The number of pyridine rings is 1. The number of carbonyl (C=O) groups is 1. The second kappa shape index (κ2) is 9.48. The third-order valence-corrected chi connectivity index (χ3v) is 4.35. The van der Waals surface area contributed by atoms with E-state index >= 15 is 0 Å². The number of rotatable bonds is 7. The molecule has 3 heteroatoms. The van der Waals surface area contributed by atoms with Crippen molar-refractivity contribution in [2.75, 3.05) is 5.32 Å². The molecule has 3 aromatic rings. The first-order valence-electron chi connectivity index (χ1n) is 9.34. The van der Waals surface area contributed by atoms with E-state index in [9.17, 15) is 4.79 Å². The summed E-state index contributed by atoms with van der Waals surface area (Å²) in [6.45, 7) is 2.19. The van der Waals surface area contributed by atoms with Gasteiger partial charge in [-0.3, -0.25) is 4.79 Å². The fourth-order valence-corrected chi connectivity index (χ4v) is 2.79. The van der Waals surface area contributed by atoms with Crippen molar-refractivity contribution in [3.05, 3.63) is 90.1 Å². The molecular weight excluding hydrogens is 332 g/mol. The van der Waals surface area contributed by atoms with Gasteiger partial charge < -0.3 is 5.32 Å². The number of hydrogen-bond acceptors (Lipinski definition) is 2. The Labute approximate surface area is 160 Å². The fourth-order valence-electron chi connectivity index (χ4n) is 2.79. The summed E-state index contributed by atoms with van der Waals surface area (Å²) < 4.78 is 0. The average molecular weight is 356 g/mol. The zero-order valence-corrected chi connectivity index (χ0v) is 15.6. The number of nitrogens with one attached hydrogen (secondary N) is 1. The normalized spacial score (nSPS) is 10.9. The summed E-state index contributed by atoms with van der Waals surface area (Å²) in [7, 11) is 0. The molecule has 0 radical (unpaired) electrons. The van der Waals surface area contributed by atoms with Crippen LogP contribution in [0.1, 0.15) is 30.9 Å². The van der Waals surface area contributed by atoms with Gasteiger partial charge in [0.05, 0.1) is 0 Å². The van der Waals surface area contributed by atoms with Crippen LogP contribution in [-0.4, -0.2) is 10.9 Å². The molecule has 0 atom stereocenters. The summed E-state index contributed by atoms with van der Waals surface area (Å²) in [5.74, 6) is 0.351. The third kappa shape index (κ3) is 5.65. The molecule has 3 nitrogen and oxygen atoms in total. The summed E-state index contributed by atoms with van der Waals surface area (Å²) >= 11 is 0. The van der Waals surface area contributed by atoms with Crippen molar-refractivity contribution < 1.29 is 4.79 Å². The predicted octanol–water partition coefficient (Wildman–Crippen LogP) is 5.74. The van der Waals surface area contributed by atoms with Crippen molar-refractivity contribution in [1.29, 1.82) is 0 Å². The lowest BCUT2D eigenvalue weighted by molar-refractivity contribution is -0.111. The van der Waals surface area contributed by atoms with Crippen LogP contribution in [0.2, 0.25) is 0 Å². The molecule has 0 unspecified atom stereocenters. The Balaban J connectivity index is 1.56. The maximum absolute atomic E-state index is 12.1. The van der Waals surface area contributed by atoms with Crippen LogP contribution in [-0.2, 0) is 11.2 Å². The van der Waals surface area contributed by atoms with E-state index in [1.807, 2.05) is 60.7 Å². The number of unbranched alkanes of at least 4 members (excludes halogenated alkanes) is 1. The van der Waals surface area contributed by atoms with E-state index in [1.165, 1.54) is 24.5 Å². The highest BCUT2D eigenvalue weighted by Gasteiger charge is 2.01. The largest absolute Gasteiger partial charge is 0.307 e. The molecule has 3 rings (SSSR count). The molecule has 0 aliphatic carbocycles. The Morgan fingerprint density at radius 1 is 0.963 bits per heavy atom. The molecule has 0 spiro atoms. The van der Waals surface area contributed by atoms with Gasteiger partial charge in [-0.25, -0.2) is 4.98 Å². The standard InChI is InChI=1S/C24H24N2O/c1-2-3-7-19-10-12-20(13-11-19)14-17-24(27)26-23-16-15-22(18-25-23)21-8-5-4-6-9-21/h4-6,8-18H,2-3,7H2,1H3,(H,25,26,27)/b17-14+. The number of anilines is 1. The summed E-state index contributed by atoms with van der Waals surface area (Å²) in [4.78, 5) is 16.4. The minimum atomic E-state index is -0.190. The molecule has 0 saturated heterocycles. The van der Waals surface area contributed by atoms with Crippen LogP contribution >= 0.6 is 0 Å². The lowest BCUT2D eigenvalue weighted by atomic mass is 10.1. The second-order valence-electron chi connectivity index (χ2n) is 6.47. The van der Waals surface area contributed by atoms with E-state index < -0.39 is 0 Å². The Morgan fingerprint density at radius 2 is 1.74 bits per heavy atom. The van der Waals surface area contributed by atoms with Gasteiger partial charge in [-0.2, -0.15) is 0 Å². The summed E-state index contributed by atoms with van der Waals surface area (Å²) in [6.07, 6.45) is 8.62. The highest BCUT2D eigenvalue weighted by Crippen LogP contribution is 2.19. The predicted molar refractivity (Wildman–Crippen MR) is 112 cm³/mol. The molecule has 2 aromatic carbocycles. The van der Waals surface area contributed by atoms with Crippen LogP contribution < -0.4 is 5.32 Å². The van der Waals surface area contributed by atoms with Crippen LogP contribution in [0, 0.1) is 0 Å². The fraction of sp³-hybridized carbons (Fsp3) is 0.167. The monoisotopic (exact) mass is 356 g/mol. The average Bonchev–Trinajstić information content (AvgIpc) is 2.73. The molecule has 1 heterocycles. The van der Waals surface area contributed by atoms with Crippen LogP contribution in [0.5, 0.6) is 0 Å². The SMILES string of the molecule is CCCCc1ccc(/C=C/C(=O)Nc2ccc(-c3ccccc3)cn2)cc1. The van der Waals surface area contributed by atoms with Crippen molar-refractivity contribution in [3.63, 3.8) is 0 Å². The number of carbonyl (C=O) groups excluding carboxylic acids is 1. The summed E-state index contributed by atoms with van der Waals surface area (Å²) in [5, 5.41) is 2.79. The number of amides is 1. The molecule has 0 aliphatic heterocycles. The first kappa shape index (κ1) is 18.6. The lowest BCUT2D eigenvalue weighted by Gasteiger charge is -2.04. The molecule has 1 N–H and O–H groups in total. The van der Waals surface area contributed by atoms with Gasteiger partial charge in [0.2, 0.25) is 5.91 Å². The zero-order chi connectivity index (χ0) is 18.9. The highest BCUT2D eigenvalue weighted by molar-refractivity contribution is 6.01. The highest BCUT2D eigenvalue weighted by atomic mass is 16.1. The van der Waals surface area contributed by atoms with Gasteiger partial charge in [-0.15, -0.1) is 0 Å². The van der Waals surface area contributed by atoms with E-state index in [0.717, 1.165) is 23.1 Å². The Bertz CT molecular complexity index is 882. The first-order valence-corrected chi connectivity index (χ1v) is 9.34. The Kier molecular flexibility index (Phi) is 6.53. The van der Waals surface area contributed by atoms with E-state index in [1.54, 1.807) is 6.20 Å². The minimum Gasteiger partial charge on any atom is -0.307 e. The van der Waals surface area contributed by atoms with Gasteiger partial charge in [0.15, 0.2) is 0 Å². The van der Waals surface area contributed by atoms with Crippen LogP contribution in [0.25, 0.3) is 17.2 Å². The van der Waals surface area contributed by atoms with E-state index in [4.69, 9.17) is 0 Å². The smallest absolute Gasteiger partial charge is 0.249 e. The quantitative estimate of drug-likeness (QED) is 0.548. The zero-order valence-electron chi connectivity index (χ0n) is 15.6. The molecule has 0 aliphatic rings. The number of aromatic nitrogens is 1. The van der Waals surface area contributed by atoms with Crippen molar-refractivity contribution in [2.45, 2.75) is 26.2 Å². The second-order valence-corrected chi connectivity index (χ2v) is 6.47. The van der Waals surface area contributed by atoms with Crippen molar-refractivity contribution in [2.24, 2.45) is 0 Å². The van der Waals surface area contributed by atoms with Gasteiger partial charge in [0, 0.05) is 17.8 Å². The van der Waals surface area contributed by atoms with E-state index in [0.29, 0.717) is 5.82 Å². The minimum absolute atomic E-state index is 0.190. The van der Waals surface area contributed by atoms with Crippen LogP contribution in [0.15, 0.2) is 79.0 Å². The lowest BCUT2D eigenvalue weighted by Crippen LogP contribution is -2.08. The molecule has 0 fully saturated rings. The first-order chi connectivity index (χ1) is 13.2. The Morgan fingerprint density at radius 3 is 2.41 bits per heavy atom. The number of hydrogen-bond donors (Lipinski definition) is 1. The summed E-state index contributed by atoms with van der Waals surface area (Å²) in [6, 6.07) is 22.1. The number of aryl methyl sites for hydroxylation is 1. The Hall–Kier alpha value is -3.20. The topological polar surface area (TPSA) is 42.0 Å². The molecule has 1 amide bonds. The van der Waals surface area contributed by atoms with Crippen molar-refractivity contribution in [1.82, 2.24) is 4.98 Å². The van der Waals surface area contributed by atoms with Gasteiger partial charge in [-0.1, -0.05) is 67.9 Å². The number of nitrogens with zero attached hydrogens (tertiary/aromatic N) is 1. The maximum atomic E-state index is 12.1. The van der Waals surface area contributed by atoms with Crippen LogP contribution in [0.3, 0.4) is 0 Å². The summed E-state index contributed by atoms with van der Waals surface area (Å²) in [5.41, 5.74) is 4.47. The molecule has 0 bridgehead atoms. The van der Waals surface area contributed by atoms with Gasteiger partial charge in [0.1, 0.15) is 5.82 Å². The van der Waals surface area contributed by atoms with Crippen molar-refractivity contribution in [3.8, 4) is 11.1 Å². The van der Waals surface area contributed by atoms with Gasteiger partial charge in [0.25, 0.3) is 0 Å². The van der Waals surface area contributed by atoms with Gasteiger partial charge >= 0.3 is 0 Å². The molecule has 136 valence electrons.